The molecule has 0 aromatic rings. The van der Waals surface area contributed by atoms with Crippen LogP contribution in [0.3, 0.4) is 0 Å². The van der Waals surface area contributed by atoms with Crippen LogP contribution in [0.5, 0.6) is 0 Å². The fourth-order valence-corrected chi connectivity index (χ4v) is 7.94. The number of esters is 1. The highest BCUT2D eigenvalue weighted by Crippen LogP contribution is 2.67. The molecule has 9 nitrogen and oxygen atoms in total. The van der Waals surface area contributed by atoms with Crippen molar-refractivity contribution in [1.82, 2.24) is 9.80 Å². The molecule has 2 saturated carbocycles. The maximum absolute atomic E-state index is 13.8. The molecule has 4 rings (SSSR count). The van der Waals surface area contributed by atoms with Gasteiger partial charge in [-0.1, -0.05) is 26.8 Å². The minimum absolute atomic E-state index is 0. The van der Waals surface area contributed by atoms with E-state index < -0.39 is 63.6 Å². The van der Waals surface area contributed by atoms with Crippen LogP contribution in [0, 0.1) is 16.7 Å². The van der Waals surface area contributed by atoms with Gasteiger partial charge in [0.2, 0.25) is 0 Å². The van der Waals surface area contributed by atoms with E-state index in [4.69, 9.17) is 9.47 Å². The van der Waals surface area contributed by atoms with Gasteiger partial charge < -0.3 is 34.6 Å². The van der Waals surface area contributed by atoms with E-state index in [2.05, 4.69) is 23.4 Å². The number of aliphatic hydroxyl groups excluding tert-OH is 2. The van der Waals surface area contributed by atoms with Gasteiger partial charge >= 0.3 is 5.97 Å². The SMILES string of the molecule is C=C[C@@]1(C)CC(=O)[C@]2(O)C3(C)C(C(OC(=O)CCN4CCN(C)CC4)C(O)[C@@]2(C)O1)C(C)(C)CC[C@@H]3O.Cl. The third-order valence-corrected chi connectivity index (χ3v) is 10.2. The number of aliphatic hydroxyl groups is 3. The lowest BCUT2D eigenvalue weighted by molar-refractivity contribution is -0.370. The maximum atomic E-state index is 13.8. The van der Waals surface area contributed by atoms with Crippen molar-refractivity contribution in [1.29, 1.82) is 0 Å². The molecule has 2 aliphatic carbocycles. The van der Waals surface area contributed by atoms with Gasteiger partial charge in [0.15, 0.2) is 11.4 Å². The van der Waals surface area contributed by atoms with Gasteiger partial charge in [-0.25, -0.2) is 0 Å². The van der Waals surface area contributed by atoms with E-state index in [1.165, 1.54) is 13.0 Å². The van der Waals surface area contributed by atoms with Crippen LogP contribution in [0.1, 0.15) is 60.3 Å². The Hall–Kier alpha value is -1.07. The second kappa shape index (κ2) is 10.4. The summed E-state index contributed by atoms with van der Waals surface area (Å²) in [5, 5.41) is 35.6. The number of ketones is 1. The minimum atomic E-state index is -2.20. The molecule has 8 atom stereocenters. The largest absolute Gasteiger partial charge is 0.459 e. The first-order valence-corrected chi connectivity index (χ1v) is 13.6. The van der Waals surface area contributed by atoms with Crippen LogP contribution >= 0.6 is 12.4 Å². The van der Waals surface area contributed by atoms with Gasteiger partial charge in [0.1, 0.15) is 17.8 Å². The number of halogens is 1. The first kappa shape index (κ1) is 31.5. The van der Waals surface area contributed by atoms with Crippen molar-refractivity contribution in [3.8, 4) is 0 Å². The summed E-state index contributed by atoms with van der Waals surface area (Å²) in [5.41, 5.74) is -7.15. The number of hydrogen-bond acceptors (Lipinski definition) is 9. The van der Waals surface area contributed by atoms with E-state index in [-0.39, 0.29) is 25.2 Å². The van der Waals surface area contributed by atoms with Crippen LogP contribution in [0.15, 0.2) is 12.7 Å². The Balaban J connectivity index is 0.00000400. The van der Waals surface area contributed by atoms with E-state index in [1.54, 1.807) is 13.8 Å². The average Bonchev–Trinajstić information content (AvgIpc) is 2.82. The molecule has 4 unspecified atom stereocenters. The number of fused-ring (bicyclic) bond motifs is 3. The summed E-state index contributed by atoms with van der Waals surface area (Å²) >= 11 is 0. The Labute approximate surface area is 232 Å². The first-order valence-electron chi connectivity index (χ1n) is 13.6. The highest BCUT2D eigenvalue weighted by atomic mass is 35.5. The fraction of sp³-hybridized carbons (Fsp3) is 0.857. The Bertz CT molecular complexity index is 940. The molecule has 10 heteroatoms. The molecule has 38 heavy (non-hydrogen) atoms. The van der Waals surface area contributed by atoms with Crippen molar-refractivity contribution in [2.45, 2.75) is 95.4 Å². The Morgan fingerprint density at radius 1 is 1.16 bits per heavy atom. The molecule has 0 spiro atoms. The van der Waals surface area contributed by atoms with Gasteiger partial charge in [-0.3, -0.25) is 9.59 Å². The molecule has 2 aliphatic heterocycles. The standard InChI is InChI=1S/C28H46N2O7.ClH/c1-8-25(4)17-19(32)28(35)26(5)18(31)9-11-24(2,3)22(26)21(23(34)27(28,6)37-25)36-20(33)10-12-30-15-13-29(7)14-16-30;/h8,18,21-23,31,34-35H,1,9-17H2,2-7H3;1H/t18-,21?,22?,23?,25-,26?,27+,28-;/m0./s1. The number of piperazine rings is 1. The topological polar surface area (TPSA) is 120 Å². The number of hydrogen-bond donors (Lipinski definition) is 3. The summed E-state index contributed by atoms with van der Waals surface area (Å²) in [7, 11) is 2.07. The van der Waals surface area contributed by atoms with Crippen molar-refractivity contribution in [3.05, 3.63) is 12.7 Å². The van der Waals surface area contributed by atoms with E-state index in [9.17, 15) is 24.9 Å². The monoisotopic (exact) mass is 558 g/mol. The number of nitrogens with zero attached hydrogens (tertiary/aromatic N) is 2. The smallest absolute Gasteiger partial charge is 0.307 e. The predicted octanol–water partition coefficient (Wildman–Crippen LogP) is 1.56. The van der Waals surface area contributed by atoms with Crippen molar-refractivity contribution in [3.63, 3.8) is 0 Å². The van der Waals surface area contributed by atoms with Gasteiger partial charge in [0.05, 0.1) is 18.1 Å². The molecule has 4 aliphatic rings. The third kappa shape index (κ3) is 4.56. The second-order valence-corrected chi connectivity index (χ2v) is 13.1. The zero-order valence-corrected chi connectivity index (χ0v) is 24.6. The molecule has 2 saturated heterocycles. The van der Waals surface area contributed by atoms with Gasteiger partial charge in [-0.2, -0.15) is 0 Å². The molecule has 0 aromatic carbocycles. The number of carbonyl (C=O) groups excluding carboxylic acids is 2. The van der Waals surface area contributed by atoms with Crippen molar-refractivity contribution < 1.29 is 34.4 Å². The van der Waals surface area contributed by atoms with Crippen molar-refractivity contribution in [2.24, 2.45) is 16.7 Å². The molecular weight excluding hydrogens is 512 g/mol. The van der Waals surface area contributed by atoms with Gasteiger partial charge in [-0.15, -0.1) is 19.0 Å². The zero-order chi connectivity index (χ0) is 27.6. The van der Waals surface area contributed by atoms with E-state index >= 15 is 0 Å². The lowest BCUT2D eigenvalue weighted by Crippen LogP contribution is -2.86. The first-order chi connectivity index (χ1) is 17.1. The normalized spacial score (nSPS) is 45.3. The van der Waals surface area contributed by atoms with Crippen molar-refractivity contribution >= 4 is 24.2 Å². The van der Waals surface area contributed by atoms with Gasteiger partial charge in [-0.05, 0) is 39.2 Å². The van der Waals surface area contributed by atoms with Crippen LogP contribution < -0.4 is 0 Å². The number of likely N-dealkylation sites (N-methyl/N-ethyl adjacent to an activating group) is 1. The number of carbonyl (C=O) groups is 2. The molecule has 0 radical (unpaired) electrons. The van der Waals surface area contributed by atoms with Gasteiger partial charge in [0, 0.05) is 50.5 Å². The second-order valence-electron chi connectivity index (χ2n) is 13.1. The van der Waals surface area contributed by atoms with Crippen LogP contribution in [0.4, 0.5) is 0 Å². The summed E-state index contributed by atoms with van der Waals surface area (Å²) in [6, 6.07) is 0. The molecule has 2 heterocycles. The van der Waals surface area contributed by atoms with Crippen LogP contribution in [-0.2, 0) is 19.1 Å². The number of Topliss-reactive ketones (excluding diaryl/α,β-unsaturated/α-hetero) is 1. The summed E-state index contributed by atoms with van der Waals surface area (Å²) in [6.45, 7) is 16.8. The number of rotatable bonds is 5. The van der Waals surface area contributed by atoms with Crippen molar-refractivity contribution in [2.75, 3.05) is 39.8 Å². The Morgan fingerprint density at radius 2 is 1.76 bits per heavy atom. The van der Waals surface area contributed by atoms with E-state index in [0.717, 1.165) is 26.2 Å². The highest BCUT2D eigenvalue weighted by molar-refractivity contribution is 5.92. The van der Waals surface area contributed by atoms with Crippen LogP contribution in [0.25, 0.3) is 0 Å². The lowest BCUT2D eigenvalue weighted by atomic mass is 9.40. The molecule has 4 fully saturated rings. The number of ether oxygens (including phenoxy) is 2. The molecule has 0 amide bonds. The average molecular weight is 559 g/mol. The summed E-state index contributed by atoms with van der Waals surface area (Å²) in [5.74, 6) is -1.65. The fourth-order valence-electron chi connectivity index (χ4n) is 7.94. The molecule has 3 N–H and O–H groups in total. The molecule has 0 aromatic heterocycles. The molecular formula is C28H47ClN2O7. The summed E-state index contributed by atoms with van der Waals surface area (Å²) in [4.78, 5) is 31.5. The quantitative estimate of drug-likeness (QED) is 0.341. The third-order valence-electron chi connectivity index (χ3n) is 10.2. The van der Waals surface area contributed by atoms with Crippen LogP contribution in [0.2, 0.25) is 0 Å². The summed E-state index contributed by atoms with van der Waals surface area (Å²) < 4.78 is 12.4. The molecule has 0 bridgehead atoms. The lowest BCUT2D eigenvalue weighted by Gasteiger charge is -2.71. The summed E-state index contributed by atoms with van der Waals surface area (Å²) in [6.07, 6.45) is -1.18. The van der Waals surface area contributed by atoms with E-state index in [0.29, 0.717) is 19.4 Å². The highest BCUT2D eigenvalue weighted by Gasteiger charge is 2.81. The van der Waals surface area contributed by atoms with Gasteiger partial charge in [0.25, 0.3) is 0 Å². The Kier molecular flexibility index (Phi) is 8.61. The van der Waals surface area contributed by atoms with Crippen LogP contribution in [-0.4, -0.2) is 112 Å². The van der Waals surface area contributed by atoms with E-state index in [1.807, 2.05) is 13.8 Å². The maximum Gasteiger partial charge on any atom is 0.307 e. The zero-order valence-electron chi connectivity index (χ0n) is 23.7. The Morgan fingerprint density at radius 3 is 2.34 bits per heavy atom. The minimum Gasteiger partial charge on any atom is -0.459 e. The molecule has 218 valence electrons. The predicted molar refractivity (Wildman–Crippen MR) is 145 cm³/mol.